The molecule has 0 unspecified atom stereocenters. The fourth-order valence-corrected chi connectivity index (χ4v) is 3.98. The summed E-state index contributed by atoms with van der Waals surface area (Å²) in [7, 11) is 0. The van der Waals surface area contributed by atoms with Gasteiger partial charge in [0.15, 0.2) is 22.9 Å². The Kier molecular flexibility index (Phi) is 1.94. The SMILES string of the molecule is Cc1nc2cc3c(cc2o1)sc1cc2oc(C)nc2cc13. The standard InChI is InChI=1S/C16H10N2O2S/c1-7-17-11-3-9-10-4-12-14(20-8(2)18-12)6-16(10)21-15(9)5-13(11)19-7/h3-6H,1-2H3. The molecule has 0 amide bonds. The minimum atomic E-state index is 0.696. The molecule has 0 saturated heterocycles. The number of thiophene rings is 1. The summed E-state index contributed by atoms with van der Waals surface area (Å²) in [4.78, 5) is 8.84. The van der Waals surface area contributed by atoms with Gasteiger partial charge in [0, 0.05) is 46.2 Å². The molecule has 0 atom stereocenters. The predicted octanol–water partition coefficient (Wildman–Crippen LogP) is 4.95. The molecule has 5 heteroatoms. The first kappa shape index (κ1) is 11.3. The molecule has 102 valence electrons. The van der Waals surface area contributed by atoms with Crippen molar-refractivity contribution < 1.29 is 8.83 Å². The Morgan fingerprint density at radius 3 is 1.71 bits per heavy atom. The Morgan fingerprint density at radius 2 is 1.24 bits per heavy atom. The van der Waals surface area contributed by atoms with E-state index in [1.165, 1.54) is 20.2 Å². The molecule has 3 aromatic heterocycles. The second-order valence-electron chi connectivity index (χ2n) is 5.20. The third kappa shape index (κ3) is 1.49. The van der Waals surface area contributed by atoms with Crippen LogP contribution in [0.3, 0.4) is 0 Å². The Balaban J connectivity index is 1.97. The van der Waals surface area contributed by atoms with E-state index in [0.717, 1.165) is 22.2 Å². The van der Waals surface area contributed by atoms with Gasteiger partial charge in [-0.25, -0.2) is 9.97 Å². The summed E-state index contributed by atoms with van der Waals surface area (Å²) in [5.74, 6) is 1.39. The zero-order chi connectivity index (χ0) is 14.1. The molecule has 0 spiro atoms. The molecule has 0 saturated carbocycles. The largest absolute Gasteiger partial charge is 0.441 e. The number of fused-ring (bicyclic) bond motifs is 5. The van der Waals surface area contributed by atoms with E-state index in [9.17, 15) is 0 Å². The molecule has 0 aliphatic carbocycles. The van der Waals surface area contributed by atoms with Crippen LogP contribution in [0.4, 0.5) is 0 Å². The number of benzene rings is 2. The summed E-state index contributed by atoms with van der Waals surface area (Å²) in [6.07, 6.45) is 0. The highest BCUT2D eigenvalue weighted by molar-refractivity contribution is 7.26. The molecule has 21 heavy (non-hydrogen) atoms. The topological polar surface area (TPSA) is 52.1 Å². The molecular formula is C16H10N2O2S. The van der Waals surface area contributed by atoms with Crippen molar-refractivity contribution in [3.8, 4) is 0 Å². The van der Waals surface area contributed by atoms with Crippen LogP contribution in [-0.2, 0) is 0 Å². The second-order valence-corrected chi connectivity index (χ2v) is 6.28. The molecule has 4 nitrogen and oxygen atoms in total. The fraction of sp³-hybridized carbons (Fsp3) is 0.125. The first-order valence-electron chi connectivity index (χ1n) is 6.68. The Morgan fingerprint density at radius 1 is 0.762 bits per heavy atom. The van der Waals surface area contributed by atoms with Crippen LogP contribution in [0.5, 0.6) is 0 Å². The van der Waals surface area contributed by atoms with Crippen molar-refractivity contribution in [3.63, 3.8) is 0 Å². The second kappa shape index (κ2) is 3.62. The van der Waals surface area contributed by atoms with Gasteiger partial charge in [-0.3, -0.25) is 0 Å². The maximum atomic E-state index is 5.61. The van der Waals surface area contributed by atoms with E-state index in [2.05, 4.69) is 34.2 Å². The van der Waals surface area contributed by atoms with Gasteiger partial charge in [0.2, 0.25) is 0 Å². The highest BCUT2D eigenvalue weighted by Crippen LogP contribution is 2.38. The summed E-state index contributed by atoms with van der Waals surface area (Å²) in [5.41, 5.74) is 3.47. The van der Waals surface area contributed by atoms with E-state index < -0.39 is 0 Å². The van der Waals surface area contributed by atoms with E-state index in [-0.39, 0.29) is 0 Å². The molecule has 0 N–H and O–H groups in total. The Hall–Kier alpha value is -2.40. The van der Waals surface area contributed by atoms with Crippen LogP contribution in [0.1, 0.15) is 11.8 Å². The maximum absolute atomic E-state index is 5.61. The highest BCUT2D eigenvalue weighted by atomic mass is 32.1. The van der Waals surface area contributed by atoms with E-state index in [0.29, 0.717) is 11.8 Å². The van der Waals surface area contributed by atoms with E-state index >= 15 is 0 Å². The zero-order valence-electron chi connectivity index (χ0n) is 11.4. The van der Waals surface area contributed by atoms with Crippen LogP contribution in [0, 0.1) is 13.8 Å². The van der Waals surface area contributed by atoms with Gasteiger partial charge < -0.3 is 8.83 Å². The van der Waals surface area contributed by atoms with Gasteiger partial charge in [-0.1, -0.05) is 0 Å². The van der Waals surface area contributed by atoms with Gasteiger partial charge in [-0.05, 0) is 12.1 Å². The number of oxazole rings is 2. The van der Waals surface area contributed by atoms with Crippen LogP contribution in [0.25, 0.3) is 42.4 Å². The van der Waals surface area contributed by atoms with Crippen LogP contribution in [0.15, 0.2) is 33.1 Å². The van der Waals surface area contributed by atoms with E-state index in [4.69, 9.17) is 8.83 Å². The molecule has 0 fully saturated rings. The normalized spacial score (nSPS) is 12.3. The minimum Gasteiger partial charge on any atom is -0.441 e. The maximum Gasteiger partial charge on any atom is 0.192 e. The van der Waals surface area contributed by atoms with Crippen LogP contribution in [0.2, 0.25) is 0 Å². The smallest absolute Gasteiger partial charge is 0.192 e. The van der Waals surface area contributed by atoms with Gasteiger partial charge in [0.25, 0.3) is 0 Å². The minimum absolute atomic E-state index is 0.696. The van der Waals surface area contributed by atoms with Crippen LogP contribution in [-0.4, -0.2) is 9.97 Å². The van der Waals surface area contributed by atoms with Crippen molar-refractivity contribution in [3.05, 3.63) is 36.0 Å². The van der Waals surface area contributed by atoms with Gasteiger partial charge in [-0.2, -0.15) is 0 Å². The van der Waals surface area contributed by atoms with Crippen molar-refractivity contribution in [2.45, 2.75) is 13.8 Å². The number of aryl methyl sites for hydroxylation is 2. The fourth-order valence-electron chi connectivity index (χ4n) is 2.85. The Labute approximate surface area is 123 Å². The summed E-state index contributed by atoms with van der Waals surface area (Å²) < 4.78 is 13.6. The van der Waals surface area contributed by atoms with Crippen LogP contribution < -0.4 is 0 Å². The molecule has 0 aliphatic heterocycles. The lowest BCUT2D eigenvalue weighted by atomic mass is 10.1. The average Bonchev–Trinajstić information content (AvgIpc) is 3.05. The number of nitrogens with zero attached hydrogens (tertiary/aromatic N) is 2. The lowest BCUT2D eigenvalue weighted by molar-refractivity contribution is 0.561. The lowest BCUT2D eigenvalue weighted by Crippen LogP contribution is -1.72. The van der Waals surface area contributed by atoms with Crippen molar-refractivity contribution in [1.29, 1.82) is 0 Å². The van der Waals surface area contributed by atoms with E-state index in [1.54, 1.807) is 11.3 Å². The number of rotatable bonds is 0. The van der Waals surface area contributed by atoms with Gasteiger partial charge >= 0.3 is 0 Å². The average molecular weight is 294 g/mol. The van der Waals surface area contributed by atoms with Crippen molar-refractivity contribution in [1.82, 2.24) is 9.97 Å². The lowest BCUT2D eigenvalue weighted by Gasteiger charge is -1.91. The highest BCUT2D eigenvalue weighted by Gasteiger charge is 2.12. The molecule has 2 aromatic carbocycles. The monoisotopic (exact) mass is 294 g/mol. The first-order chi connectivity index (χ1) is 10.2. The molecule has 3 heterocycles. The molecule has 0 bridgehead atoms. The van der Waals surface area contributed by atoms with Crippen molar-refractivity contribution >= 4 is 53.7 Å². The Bertz CT molecular complexity index is 1070. The van der Waals surface area contributed by atoms with E-state index in [1.807, 2.05) is 13.8 Å². The van der Waals surface area contributed by atoms with Crippen molar-refractivity contribution in [2.75, 3.05) is 0 Å². The summed E-state index contributed by atoms with van der Waals surface area (Å²) >= 11 is 1.73. The molecular weight excluding hydrogens is 284 g/mol. The third-order valence-electron chi connectivity index (χ3n) is 3.70. The molecule has 0 radical (unpaired) electrons. The van der Waals surface area contributed by atoms with Gasteiger partial charge in [-0.15, -0.1) is 11.3 Å². The summed E-state index contributed by atoms with van der Waals surface area (Å²) in [6, 6.07) is 8.32. The molecule has 0 aliphatic rings. The first-order valence-corrected chi connectivity index (χ1v) is 7.50. The quantitative estimate of drug-likeness (QED) is 0.405. The van der Waals surface area contributed by atoms with Crippen molar-refractivity contribution in [2.24, 2.45) is 0 Å². The predicted molar refractivity (Wildman–Crippen MR) is 83.9 cm³/mol. The van der Waals surface area contributed by atoms with Gasteiger partial charge in [0.05, 0.1) is 0 Å². The summed E-state index contributed by atoms with van der Waals surface area (Å²) in [5, 5.41) is 2.39. The van der Waals surface area contributed by atoms with Crippen LogP contribution >= 0.6 is 11.3 Å². The third-order valence-corrected chi connectivity index (χ3v) is 4.82. The zero-order valence-corrected chi connectivity index (χ0v) is 12.2. The molecule has 5 aromatic rings. The molecule has 5 rings (SSSR count). The number of hydrogen-bond acceptors (Lipinski definition) is 5. The number of aromatic nitrogens is 2. The summed E-state index contributed by atoms with van der Waals surface area (Å²) in [6.45, 7) is 3.74. The van der Waals surface area contributed by atoms with Gasteiger partial charge in [0.1, 0.15) is 11.0 Å². The number of hydrogen-bond donors (Lipinski definition) is 0.